The highest BCUT2D eigenvalue weighted by molar-refractivity contribution is 5.92. The Kier molecular flexibility index (Phi) is 4.37. The van der Waals surface area contributed by atoms with E-state index in [2.05, 4.69) is 10.1 Å². The van der Waals surface area contributed by atoms with E-state index >= 15 is 0 Å². The monoisotopic (exact) mass is 364 g/mol. The third-order valence-corrected chi connectivity index (χ3v) is 4.84. The number of hydrogen-bond donors (Lipinski definition) is 2. The van der Waals surface area contributed by atoms with Crippen LogP contribution in [0.4, 0.5) is 0 Å². The molecule has 7 nitrogen and oxygen atoms in total. The lowest BCUT2D eigenvalue weighted by atomic mass is 9.99. The number of benzene rings is 2. The summed E-state index contributed by atoms with van der Waals surface area (Å²) in [6, 6.07) is 14.0. The van der Waals surface area contributed by atoms with Gasteiger partial charge in [-0.05, 0) is 61.4 Å². The molecular formula is C20H20N4O3. The van der Waals surface area contributed by atoms with E-state index in [1.54, 1.807) is 24.3 Å². The smallest absolute Gasteiger partial charge is 0.257 e. The summed E-state index contributed by atoms with van der Waals surface area (Å²) >= 11 is 0. The summed E-state index contributed by atoms with van der Waals surface area (Å²) in [6.45, 7) is 0. The van der Waals surface area contributed by atoms with Crippen molar-refractivity contribution >= 4 is 5.91 Å². The van der Waals surface area contributed by atoms with Crippen molar-refractivity contribution in [2.24, 2.45) is 11.5 Å². The van der Waals surface area contributed by atoms with Crippen LogP contribution in [0.3, 0.4) is 0 Å². The van der Waals surface area contributed by atoms with Crippen molar-refractivity contribution in [3.05, 3.63) is 59.9 Å². The number of nitrogens with two attached hydrogens (primary N) is 2. The molecule has 0 atom stereocenters. The van der Waals surface area contributed by atoms with E-state index in [0.717, 1.165) is 31.2 Å². The van der Waals surface area contributed by atoms with Gasteiger partial charge in [0.05, 0.1) is 5.54 Å². The Labute approximate surface area is 156 Å². The molecule has 1 aliphatic carbocycles. The normalized spacial score (nSPS) is 15.6. The molecular weight excluding hydrogens is 344 g/mol. The fraction of sp³-hybridized carbons (Fsp3) is 0.250. The highest BCUT2D eigenvalue weighted by Crippen LogP contribution is 2.35. The van der Waals surface area contributed by atoms with Gasteiger partial charge in [0, 0.05) is 11.1 Å². The Morgan fingerprint density at radius 2 is 1.59 bits per heavy atom. The van der Waals surface area contributed by atoms with Crippen LogP contribution in [0.2, 0.25) is 0 Å². The second-order valence-corrected chi connectivity index (χ2v) is 6.80. The lowest BCUT2D eigenvalue weighted by Crippen LogP contribution is -2.34. The molecule has 0 saturated heterocycles. The largest absolute Gasteiger partial charge is 0.457 e. The van der Waals surface area contributed by atoms with E-state index in [4.69, 9.17) is 20.7 Å². The molecule has 27 heavy (non-hydrogen) atoms. The second kappa shape index (κ2) is 6.85. The number of primary amides is 1. The molecule has 1 amide bonds. The Bertz CT molecular complexity index is 942. The minimum atomic E-state index is -0.471. The molecule has 0 bridgehead atoms. The molecule has 2 aromatic carbocycles. The SMILES string of the molecule is NC(=O)c1ccc(Oc2ccc(-c3nc(C4(N)CCCC4)no3)cc2)cc1. The molecule has 0 spiro atoms. The molecule has 0 aliphatic heterocycles. The van der Waals surface area contributed by atoms with Crippen molar-refractivity contribution in [1.29, 1.82) is 0 Å². The van der Waals surface area contributed by atoms with Gasteiger partial charge in [-0.1, -0.05) is 18.0 Å². The van der Waals surface area contributed by atoms with Crippen LogP contribution in [0.15, 0.2) is 53.1 Å². The Hall–Kier alpha value is -3.19. The van der Waals surface area contributed by atoms with Gasteiger partial charge in [-0.15, -0.1) is 0 Å². The van der Waals surface area contributed by atoms with Crippen molar-refractivity contribution in [3.8, 4) is 23.0 Å². The summed E-state index contributed by atoms with van der Waals surface area (Å²) in [6.07, 6.45) is 3.94. The van der Waals surface area contributed by atoms with Crippen LogP contribution < -0.4 is 16.2 Å². The zero-order valence-electron chi connectivity index (χ0n) is 14.7. The van der Waals surface area contributed by atoms with Crippen LogP contribution in [0.1, 0.15) is 41.9 Å². The van der Waals surface area contributed by atoms with E-state index in [-0.39, 0.29) is 0 Å². The van der Waals surface area contributed by atoms with Gasteiger partial charge < -0.3 is 20.7 Å². The van der Waals surface area contributed by atoms with Crippen LogP contribution >= 0.6 is 0 Å². The maximum Gasteiger partial charge on any atom is 0.257 e. The number of aromatic nitrogens is 2. The third-order valence-electron chi connectivity index (χ3n) is 4.84. The lowest BCUT2D eigenvalue weighted by Gasteiger charge is -2.17. The Balaban J connectivity index is 1.47. The first-order valence-corrected chi connectivity index (χ1v) is 8.85. The molecule has 3 aromatic rings. The molecule has 1 saturated carbocycles. The summed E-state index contributed by atoms with van der Waals surface area (Å²) in [4.78, 5) is 15.6. The van der Waals surface area contributed by atoms with Gasteiger partial charge in [0.25, 0.3) is 5.89 Å². The first-order valence-electron chi connectivity index (χ1n) is 8.85. The summed E-state index contributed by atoms with van der Waals surface area (Å²) in [5.41, 5.74) is 12.4. The van der Waals surface area contributed by atoms with Gasteiger partial charge in [0.15, 0.2) is 5.82 Å². The number of carbonyl (C=O) groups is 1. The lowest BCUT2D eigenvalue weighted by molar-refractivity contribution is 0.100. The van der Waals surface area contributed by atoms with Crippen LogP contribution in [0.25, 0.3) is 11.5 Å². The number of nitrogens with zero attached hydrogens (tertiary/aromatic N) is 2. The average Bonchev–Trinajstić information content (AvgIpc) is 3.33. The minimum absolute atomic E-state index is 0.435. The van der Waals surface area contributed by atoms with Gasteiger partial charge in [0.2, 0.25) is 5.91 Å². The molecule has 138 valence electrons. The van der Waals surface area contributed by atoms with E-state index in [0.29, 0.717) is 28.8 Å². The van der Waals surface area contributed by atoms with Crippen molar-refractivity contribution in [3.63, 3.8) is 0 Å². The molecule has 7 heteroatoms. The molecule has 1 heterocycles. The van der Waals surface area contributed by atoms with E-state index in [1.807, 2.05) is 24.3 Å². The summed E-state index contributed by atoms with van der Waals surface area (Å²) in [5.74, 6) is 1.81. The van der Waals surface area contributed by atoms with Crippen LogP contribution in [-0.2, 0) is 5.54 Å². The molecule has 0 radical (unpaired) electrons. The van der Waals surface area contributed by atoms with Crippen LogP contribution in [0.5, 0.6) is 11.5 Å². The van der Waals surface area contributed by atoms with E-state index in [1.165, 1.54) is 0 Å². The van der Waals surface area contributed by atoms with Gasteiger partial charge in [-0.25, -0.2) is 0 Å². The molecule has 1 fully saturated rings. The summed E-state index contributed by atoms with van der Waals surface area (Å²) in [7, 11) is 0. The number of hydrogen-bond acceptors (Lipinski definition) is 6. The van der Waals surface area contributed by atoms with Gasteiger partial charge in [-0.2, -0.15) is 4.98 Å². The van der Waals surface area contributed by atoms with Crippen molar-refractivity contribution < 1.29 is 14.1 Å². The maximum absolute atomic E-state index is 11.1. The molecule has 4 N–H and O–H groups in total. The first-order chi connectivity index (χ1) is 13.0. The molecule has 4 rings (SSSR count). The quantitative estimate of drug-likeness (QED) is 0.717. The van der Waals surface area contributed by atoms with Crippen LogP contribution in [-0.4, -0.2) is 16.0 Å². The molecule has 1 aliphatic rings. The molecule has 0 unspecified atom stereocenters. The highest BCUT2D eigenvalue weighted by Gasteiger charge is 2.36. The summed E-state index contributed by atoms with van der Waals surface area (Å²) in [5, 5.41) is 4.08. The van der Waals surface area contributed by atoms with Gasteiger partial charge in [0.1, 0.15) is 11.5 Å². The maximum atomic E-state index is 11.1. The fourth-order valence-electron chi connectivity index (χ4n) is 3.26. The number of amides is 1. The van der Waals surface area contributed by atoms with Gasteiger partial charge in [-0.3, -0.25) is 4.79 Å². The van der Waals surface area contributed by atoms with Crippen molar-refractivity contribution in [2.75, 3.05) is 0 Å². The number of carbonyl (C=O) groups excluding carboxylic acids is 1. The van der Waals surface area contributed by atoms with E-state index in [9.17, 15) is 4.79 Å². The topological polar surface area (TPSA) is 117 Å². The van der Waals surface area contributed by atoms with E-state index < -0.39 is 11.4 Å². The van der Waals surface area contributed by atoms with Crippen molar-refractivity contribution in [1.82, 2.24) is 10.1 Å². The van der Waals surface area contributed by atoms with Gasteiger partial charge >= 0.3 is 0 Å². The zero-order chi connectivity index (χ0) is 18.9. The Morgan fingerprint density at radius 1 is 1.00 bits per heavy atom. The predicted molar refractivity (Wildman–Crippen MR) is 99.1 cm³/mol. The first kappa shape index (κ1) is 17.2. The van der Waals surface area contributed by atoms with Crippen LogP contribution in [0, 0.1) is 0 Å². The molecule has 1 aromatic heterocycles. The third kappa shape index (κ3) is 3.54. The average molecular weight is 364 g/mol. The fourth-order valence-corrected chi connectivity index (χ4v) is 3.26. The standard InChI is InChI=1S/C20H20N4O3/c21-17(25)13-3-7-15(8-4-13)26-16-9-5-14(6-10-16)18-23-19(24-27-18)20(22)11-1-2-12-20/h3-10H,1-2,11-12,22H2,(H2,21,25). The number of ether oxygens (including phenoxy) is 1. The predicted octanol–water partition coefficient (Wildman–Crippen LogP) is 3.36. The highest BCUT2D eigenvalue weighted by atomic mass is 16.5. The second-order valence-electron chi connectivity index (χ2n) is 6.80. The minimum Gasteiger partial charge on any atom is -0.457 e. The zero-order valence-corrected chi connectivity index (χ0v) is 14.7. The summed E-state index contributed by atoms with van der Waals surface area (Å²) < 4.78 is 11.2. The Morgan fingerprint density at radius 3 is 2.19 bits per heavy atom. The number of rotatable bonds is 5. The van der Waals surface area contributed by atoms with Crippen molar-refractivity contribution in [2.45, 2.75) is 31.2 Å².